The summed E-state index contributed by atoms with van der Waals surface area (Å²) in [6.45, 7) is 1.87. The van der Waals surface area contributed by atoms with Gasteiger partial charge >= 0.3 is 0 Å². The van der Waals surface area contributed by atoms with Crippen LogP contribution in [0.5, 0.6) is 0 Å². The van der Waals surface area contributed by atoms with Crippen LogP contribution in [0.15, 0.2) is 29.2 Å². The van der Waals surface area contributed by atoms with Gasteiger partial charge in [0.15, 0.2) is 0 Å². The van der Waals surface area contributed by atoms with Crippen LogP contribution >= 0.6 is 0 Å². The van der Waals surface area contributed by atoms with Crippen molar-refractivity contribution in [1.29, 1.82) is 0 Å². The molecule has 5 nitrogen and oxygen atoms in total. The van der Waals surface area contributed by atoms with Gasteiger partial charge in [0, 0.05) is 26.7 Å². The molecule has 0 bridgehead atoms. The van der Waals surface area contributed by atoms with Crippen molar-refractivity contribution in [2.75, 3.05) is 26.8 Å². The first-order valence-electron chi connectivity index (χ1n) is 6.87. The summed E-state index contributed by atoms with van der Waals surface area (Å²) in [5.41, 5.74) is 6.35. The van der Waals surface area contributed by atoms with Gasteiger partial charge in [0.1, 0.15) is 0 Å². The van der Waals surface area contributed by atoms with Gasteiger partial charge in [-0.25, -0.2) is 8.42 Å². The van der Waals surface area contributed by atoms with Gasteiger partial charge in [-0.1, -0.05) is 12.1 Å². The fourth-order valence-corrected chi connectivity index (χ4v) is 3.09. The number of hydrogen-bond acceptors (Lipinski definition) is 4. The first-order chi connectivity index (χ1) is 9.54. The van der Waals surface area contributed by atoms with Gasteiger partial charge in [-0.05, 0) is 36.5 Å². The summed E-state index contributed by atoms with van der Waals surface area (Å²) in [6, 6.07) is 6.75. The Hall–Kier alpha value is -0.950. The topological polar surface area (TPSA) is 72.6 Å². The van der Waals surface area contributed by atoms with Crippen LogP contribution in [0, 0.1) is 5.92 Å². The molecule has 0 atom stereocenters. The maximum absolute atomic E-state index is 12.4. The number of rotatable bonds is 8. The van der Waals surface area contributed by atoms with E-state index in [1.165, 1.54) is 17.1 Å². The molecule has 6 heteroatoms. The zero-order valence-corrected chi connectivity index (χ0v) is 12.6. The molecule has 1 aliphatic carbocycles. The van der Waals surface area contributed by atoms with Gasteiger partial charge in [0.2, 0.25) is 10.0 Å². The molecule has 2 rings (SSSR count). The van der Waals surface area contributed by atoms with E-state index in [0.29, 0.717) is 25.6 Å². The number of nitrogens with two attached hydrogens (primary N) is 1. The van der Waals surface area contributed by atoms with Crippen LogP contribution in [0.25, 0.3) is 0 Å². The van der Waals surface area contributed by atoms with Gasteiger partial charge in [-0.3, -0.25) is 0 Å². The molecule has 0 spiro atoms. The minimum atomic E-state index is -3.46. The Kier molecular flexibility index (Phi) is 5.15. The fraction of sp³-hybridized carbons (Fsp3) is 0.571. The highest BCUT2D eigenvalue weighted by Crippen LogP contribution is 2.28. The third-order valence-corrected chi connectivity index (χ3v) is 5.30. The van der Waals surface area contributed by atoms with E-state index in [0.717, 1.165) is 12.2 Å². The number of likely N-dealkylation sites (N-methyl/N-ethyl adjacent to an activating group) is 1. The third-order valence-electron chi connectivity index (χ3n) is 3.44. The zero-order chi connectivity index (χ0) is 14.6. The lowest BCUT2D eigenvalue weighted by atomic mass is 10.2. The lowest BCUT2D eigenvalue weighted by Crippen LogP contribution is -2.30. The van der Waals surface area contributed by atoms with Crippen LogP contribution in [0.3, 0.4) is 0 Å². The van der Waals surface area contributed by atoms with Crippen molar-refractivity contribution in [3.63, 3.8) is 0 Å². The van der Waals surface area contributed by atoms with Crippen LogP contribution in [-0.2, 0) is 21.3 Å². The molecule has 1 fully saturated rings. The van der Waals surface area contributed by atoms with Gasteiger partial charge in [0.05, 0.1) is 11.5 Å². The summed E-state index contributed by atoms with van der Waals surface area (Å²) in [5.74, 6) is 0.693. The van der Waals surface area contributed by atoms with Gasteiger partial charge in [-0.15, -0.1) is 0 Å². The van der Waals surface area contributed by atoms with Crippen molar-refractivity contribution in [2.24, 2.45) is 11.7 Å². The Labute approximate surface area is 120 Å². The minimum Gasteiger partial charge on any atom is -0.380 e. The van der Waals surface area contributed by atoms with E-state index in [2.05, 4.69) is 0 Å². The quantitative estimate of drug-likeness (QED) is 0.732. The molecular weight excluding hydrogens is 276 g/mol. The highest BCUT2D eigenvalue weighted by atomic mass is 32.2. The second-order valence-corrected chi connectivity index (χ2v) is 7.24. The third kappa shape index (κ3) is 4.02. The standard InChI is InChI=1S/C14H22N2O3S/c1-16(7-8-19-11-12-5-6-12)20(17,18)14-4-2-3-13(9-14)10-15/h2-4,9,12H,5-8,10-11,15H2,1H3. The van der Waals surface area contributed by atoms with Crippen molar-refractivity contribution in [3.8, 4) is 0 Å². The summed E-state index contributed by atoms with van der Waals surface area (Å²) >= 11 is 0. The van der Waals surface area contributed by atoms with Crippen LogP contribution in [0.4, 0.5) is 0 Å². The Morgan fingerprint density at radius 2 is 2.15 bits per heavy atom. The van der Waals surface area contributed by atoms with E-state index >= 15 is 0 Å². The molecule has 1 aliphatic rings. The van der Waals surface area contributed by atoms with Crippen molar-refractivity contribution < 1.29 is 13.2 Å². The first kappa shape index (κ1) is 15.4. The van der Waals surface area contributed by atoms with E-state index in [1.54, 1.807) is 25.2 Å². The number of ether oxygens (including phenoxy) is 1. The van der Waals surface area contributed by atoms with Crippen molar-refractivity contribution in [1.82, 2.24) is 4.31 Å². The molecule has 2 N–H and O–H groups in total. The Balaban J connectivity index is 1.92. The van der Waals surface area contributed by atoms with Gasteiger partial charge in [0.25, 0.3) is 0 Å². The first-order valence-corrected chi connectivity index (χ1v) is 8.31. The van der Waals surface area contributed by atoms with Crippen LogP contribution < -0.4 is 5.73 Å². The Morgan fingerprint density at radius 3 is 2.80 bits per heavy atom. The molecule has 20 heavy (non-hydrogen) atoms. The number of benzene rings is 1. The van der Waals surface area contributed by atoms with E-state index < -0.39 is 10.0 Å². The van der Waals surface area contributed by atoms with Gasteiger partial charge < -0.3 is 10.5 Å². The largest absolute Gasteiger partial charge is 0.380 e. The molecule has 0 aromatic heterocycles. The minimum absolute atomic E-state index is 0.283. The van der Waals surface area contributed by atoms with Crippen LogP contribution in [0.2, 0.25) is 0 Å². The average molecular weight is 298 g/mol. The predicted molar refractivity (Wildman–Crippen MR) is 77.7 cm³/mol. The smallest absolute Gasteiger partial charge is 0.242 e. The zero-order valence-electron chi connectivity index (χ0n) is 11.8. The molecule has 0 saturated heterocycles. The summed E-state index contributed by atoms with van der Waals surface area (Å²) in [5, 5.41) is 0. The molecule has 0 radical (unpaired) electrons. The Morgan fingerprint density at radius 1 is 1.40 bits per heavy atom. The molecule has 1 saturated carbocycles. The number of sulfonamides is 1. The fourth-order valence-electron chi connectivity index (χ4n) is 1.86. The molecular formula is C14H22N2O3S. The Bertz CT molecular complexity index is 541. The molecule has 0 unspecified atom stereocenters. The molecule has 0 heterocycles. The highest BCUT2D eigenvalue weighted by Gasteiger charge is 2.23. The molecule has 1 aromatic rings. The van der Waals surface area contributed by atoms with Crippen molar-refractivity contribution >= 4 is 10.0 Å². The van der Waals surface area contributed by atoms with Crippen molar-refractivity contribution in [3.05, 3.63) is 29.8 Å². The summed E-state index contributed by atoms with van der Waals surface area (Å²) in [7, 11) is -1.88. The molecule has 0 aliphatic heterocycles. The summed E-state index contributed by atoms with van der Waals surface area (Å²) in [6.07, 6.45) is 2.47. The number of hydrogen-bond donors (Lipinski definition) is 1. The lowest BCUT2D eigenvalue weighted by molar-refractivity contribution is 0.117. The van der Waals surface area contributed by atoms with Crippen LogP contribution in [-0.4, -0.2) is 39.5 Å². The highest BCUT2D eigenvalue weighted by molar-refractivity contribution is 7.89. The monoisotopic (exact) mass is 298 g/mol. The number of nitrogens with zero attached hydrogens (tertiary/aromatic N) is 1. The predicted octanol–water partition coefficient (Wildman–Crippen LogP) is 1.19. The summed E-state index contributed by atoms with van der Waals surface area (Å²) < 4.78 is 31.5. The molecule has 0 amide bonds. The second-order valence-electron chi connectivity index (χ2n) is 5.20. The molecule has 112 valence electrons. The van der Waals surface area contributed by atoms with E-state index in [9.17, 15) is 8.42 Å². The average Bonchev–Trinajstić information content (AvgIpc) is 3.27. The van der Waals surface area contributed by atoms with E-state index in [1.807, 2.05) is 6.07 Å². The van der Waals surface area contributed by atoms with Crippen LogP contribution in [0.1, 0.15) is 18.4 Å². The summed E-state index contributed by atoms with van der Waals surface area (Å²) in [4.78, 5) is 0.283. The normalized spacial score (nSPS) is 15.8. The maximum Gasteiger partial charge on any atom is 0.242 e. The molecule has 1 aromatic carbocycles. The lowest BCUT2D eigenvalue weighted by Gasteiger charge is -2.17. The van der Waals surface area contributed by atoms with E-state index in [4.69, 9.17) is 10.5 Å². The van der Waals surface area contributed by atoms with E-state index in [-0.39, 0.29) is 4.90 Å². The maximum atomic E-state index is 12.4. The van der Waals surface area contributed by atoms with Crippen molar-refractivity contribution in [2.45, 2.75) is 24.3 Å². The van der Waals surface area contributed by atoms with Gasteiger partial charge in [-0.2, -0.15) is 4.31 Å². The SMILES string of the molecule is CN(CCOCC1CC1)S(=O)(=O)c1cccc(CN)c1. The second kappa shape index (κ2) is 6.67.